The van der Waals surface area contributed by atoms with E-state index >= 15 is 0 Å². The van der Waals surface area contributed by atoms with Gasteiger partial charge in [0.15, 0.2) is 5.82 Å². The summed E-state index contributed by atoms with van der Waals surface area (Å²) in [7, 11) is 1.49. The number of amides is 2. The minimum Gasteiger partial charge on any atom is -0.489 e. The second-order valence-electron chi connectivity index (χ2n) is 6.09. The normalized spacial score (nSPS) is 14.7. The lowest BCUT2D eigenvalue weighted by Crippen LogP contribution is -2.38. The minimum absolute atomic E-state index is 0.0205. The number of benzene rings is 1. The number of nitrogens with zero attached hydrogens (tertiary/aromatic N) is 5. The van der Waals surface area contributed by atoms with E-state index in [1.54, 1.807) is 0 Å². The number of rotatable bonds is 6. The van der Waals surface area contributed by atoms with Crippen molar-refractivity contribution in [1.82, 2.24) is 26.0 Å². The number of nitrogens with two attached hydrogens (primary N) is 1. The molecule has 1 fully saturated rings. The van der Waals surface area contributed by atoms with Gasteiger partial charge in [0.2, 0.25) is 5.95 Å². The van der Waals surface area contributed by atoms with E-state index in [9.17, 15) is 14.3 Å². The van der Waals surface area contributed by atoms with Crippen LogP contribution in [-0.2, 0) is 0 Å². The number of nitriles is 1. The number of anilines is 4. The Labute approximate surface area is 164 Å². The van der Waals surface area contributed by atoms with Gasteiger partial charge in [-0.1, -0.05) is 0 Å². The number of aromatic nitrogens is 2. The van der Waals surface area contributed by atoms with Gasteiger partial charge in [-0.3, -0.25) is 0 Å². The number of nitrogen functional groups attached to an aromatic ring is 1. The Morgan fingerprint density at radius 1 is 1.48 bits per heavy atom. The highest BCUT2D eigenvalue weighted by atomic mass is 19.1. The molecular weight excluding hydrogens is 385 g/mol. The number of hydrogen-bond donors (Lipinski definition) is 5. The van der Waals surface area contributed by atoms with Crippen LogP contribution >= 0.6 is 0 Å². The molecule has 1 aliphatic heterocycles. The van der Waals surface area contributed by atoms with Gasteiger partial charge >= 0.3 is 6.03 Å². The van der Waals surface area contributed by atoms with Gasteiger partial charge in [0, 0.05) is 13.1 Å². The Morgan fingerprint density at radius 3 is 2.83 bits per heavy atom. The zero-order chi connectivity index (χ0) is 21.1. The van der Waals surface area contributed by atoms with Crippen molar-refractivity contribution >= 4 is 29.2 Å². The molecule has 0 bridgehead atoms. The summed E-state index contributed by atoms with van der Waals surface area (Å²) < 4.78 is 20.1. The third kappa shape index (κ3) is 4.24. The molecule has 1 atom stereocenters. The van der Waals surface area contributed by atoms with Crippen LogP contribution in [0.15, 0.2) is 18.3 Å². The third-order valence-corrected chi connectivity index (χ3v) is 3.76. The van der Waals surface area contributed by atoms with Gasteiger partial charge in [0.25, 0.3) is 0 Å². The SMILES string of the molecule is C[C@@H](O)COc1cc(F)c(Nc2ncc(C#N)c(N)n2)cc1N1NNN(C)C1=O. The highest BCUT2D eigenvalue weighted by molar-refractivity contribution is 5.94. The first-order valence-electron chi connectivity index (χ1n) is 8.33. The Balaban J connectivity index is 1.97. The van der Waals surface area contributed by atoms with E-state index in [0.717, 1.165) is 11.1 Å². The molecule has 0 aliphatic carbocycles. The summed E-state index contributed by atoms with van der Waals surface area (Å²) >= 11 is 0. The first-order valence-corrected chi connectivity index (χ1v) is 8.33. The lowest BCUT2D eigenvalue weighted by molar-refractivity contribution is 0.123. The van der Waals surface area contributed by atoms with Crippen LogP contribution in [-0.4, -0.2) is 45.9 Å². The topological polar surface area (TPSA) is 165 Å². The molecule has 0 unspecified atom stereocenters. The molecule has 12 nitrogen and oxygen atoms in total. The second kappa shape index (κ2) is 8.10. The number of carbonyl (C=O) groups excluding carboxylic acids is 1. The van der Waals surface area contributed by atoms with E-state index in [4.69, 9.17) is 15.7 Å². The van der Waals surface area contributed by atoms with Crippen molar-refractivity contribution in [3.8, 4) is 11.8 Å². The van der Waals surface area contributed by atoms with Crippen LogP contribution in [0.25, 0.3) is 0 Å². The fourth-order valence-corrected chi connectivity index (χ4v) is 2.34. The van der Waals surface area contributed by atoms with Crippen molar-refractivity contribution in [3.63, 3.8) is 0 Å². The lowest BCUT2D eigenvalue weighted by atomic mass is 10.2. The van der Waals surface area contributed by atoms with E-state index in [1.165, 1.54) is 31.2 Å². The minimum atomic E-state index is -0.804. The highest BCUT2D eigenvalue weighted by Gasteiger charge is 2.30. The van der Waals surface area contributed by atoms with Crippen molar-refractivity contribution in [2.75, 3.05) is 29.7 Å². The summed E-state index contributed by atoms with van der Waals surface area (Å²) in [6.45, 7) is 1.40. The van der Waals surface area contributed by atoms with Gasteiger partial charge in [0.05, 0.1) is 18.0 Å². The maximum atomic E-state index is 14.7. The largest absolute Gasteiger partial charge is 0.489 e. The quantitative estimate of drug-likeness (QED) is 0.455. The lowest BCUT2D eigenvalue weighted by Gasteiger charge is -2.20. The van der Waals surface area contributed by atoms with Crippen molar-refractivity contribution in [2.45, 2.75) is 13.0 Å². The standard InChI is InChI=1S/C16H18FN9O3/c1-8(27)7-29-13-3-10(17)11(4-12(13)26-16(28)25(2)23-24-26)21-15-20-6-9(5-18)14(19)22-15/h3-4,6,8,23-24,27H,7H2,1-2H3,(H3,19,20,21,22)/t8-/m1/s1. The Kier molecular flexibility index (Phi) is 5.59. The number of carbonyl (C=O) groups is 1. The number of ether oxygens (including phenoxy) is 1. The van der Waals surface area contributed by atoms with Crippen LogP contribution in [0.1, 0.15) is 12.5 Å². The van der Waals surface area contributed by atoms with E-state index in [-0.39, 0.29) is 41.1 Å². The maximum absolute atomic E-state index is 14.7. The summed E-state index contributed by atoms with van der Waals surface area (Å²) in [5, 5.41) is 23.3. The summed E-state index contributed by atoms with van der Waals surface area (Å²) in [4.78, 5) is 20.1. The molecule has 1 aromatic carbocycles. The van der Waals surface area contributed by atoms with Gasteiger partial charge < -0.3 is 20.9 Å². The van der Waals surface area contributed by atoms with E-state index in [0.29, 0.717) is 0 Å². The maximum Gasteiger partial charge on any atom is 0.355 e. The predicted molar refractivity (Wildman–Crippen MR) is 99.9 cm³/mol. The summed E-state index contributed by atoms with van der Waals surface area (Å²) in [6, 6.07) is 3.71. The predicted octanol–water partition coefficient (Wildman–Crippen LogP) is 0.369. The fraction of sp³-hybridized carbons (Fsp3) is 0.250. The van der Waals surface area contributed by atoms with Crippen LogP contribution in [0.5, 0.6) is 5.75 Å². The fourth-order valence-electron chi connectivity index (χ4n) is 2.34. The molecule has 0 radical (unpaired) electrons. The molecule has 3 rings (SSSR count). The first kappa shape index (κ1) is 20.0. The molecule has 29 heavy (non-hydrogen) atoms. The molecule has 1 aliphatic rings. The molecule has 2 aromatic rings. The number of urea groups is 1. The Morgan fingerprint density at radius 2 is 2.24 bits per heavy atom. The van der Waals surface area contributed by atoms with Gasteiger partial charge in [-0.05, 0) is 13.0 Å². The van der Waals surface area contributed by atoms with Gasteiger partial charge in [-0.2, -0.15) is 10.2 Å². The monoisotopic (exact) mass is 403 g/mol. The smallest absolute Gasteiger partial charge is 0.355 e. The summed E-state index contributed by atoms with van der Waals surface area (Å²) in [6.07, 6.45) is 0.398. The highest BCUT2D eigenvalue weighted by Crippen LogP contribution is 2.35. The van der Waals surface area contributed by atoms with E-state index in [1.807, 2.05) is 6.07 Å². The molecule has 6 N–H and O–H groups in total. The van der Waals surface area contributed by atoms with Gasteiger partial charge in [-0.15, -0.1) is 11.1 Å². The van der Waals surface area contributed by atoms with Gasteiger partial charge in [0.1, 0.15) is 35.5 Å². The van der Waals surface area contributed by atoms with E-state index < -0.39 is 18.0 Å². The number of aliphatic hydroxyl groups is 1. The zero-order valence-corrected chi connectivity index (χ0v) is 15.5. The molecular formula is C16H18FN9O3. The van der Waals surface area contributed by atoms with Crippen molar-refractivity contribution in [1.29, 1.82) is 5.26 Å². The molecule has 2 amide bonds. The number of aliphatic hydroxyl groups excluding tert-OH is 1. The summed E-state index contributed by atoms with van der Waals surface area (Å²) in [5.74, 6) is -0.814. The average Bonchev–Trinajstić information content (AvgIpc) is 3.00. The molecule has 2 heterocycles. The Bertz CT molecular complexity index is 979. The Hall–Kier alpha value is -3.73. The summed E-state index contributed by atoms with van der Waals surface area (Å²) in [5.41, 5.74) is 11.0. The van der Waals surface area contributed by atoms with Crippen molar-refractivity contribution in [2.24, 2.45) is 0 Å². The molecule has 13 heteroatoms. The number of hydrazine groups is 3. The number of nitrogens with one attached hydrogen (secondary N) is 3. The molecule has 152 valence electrons. The van der Waals surface area contributed by atoms with Crippen LogP contribution in [0.3, 0.4) is 0 Å². The van der Waals surface area contributed by atoms with Crippen LogP contribution in [0.4, 0.5) is 32.3 Å². The third-order valence-electron chi connectivity index (χ3n) is 3.76. The average molecular weight is 403 g/mol. The molecule has 1 aromatic heterocycles. The van der Waals surface area contributed by atoms with Crippen LogP contribution in [0.2, 0.25) is 0 Å². The number of hydrogen-bond acceptors (Lipinski definition) is 10. The van der Waals surface area contributed by atoms with Gasteiger partial charge in [-0.25, -0.2) is 24.2 Å². The number of halogens is 1. The van der Waals surface area contributed by atoms with Crippen molar-refractivity contribution < 1.29 is 19.0 Å². The second-order valence-corrected chi connectivity index (χ2v) is 6.09. The molecule has 0 spiro atoms. The first-order chi connectivity index (χ1) is 13.8. The molecule has 1 saturated heterocycles. The van der Waals surface area contributed by atoms with E-state index in [2.05, 4.69) is 26.4 Å². The van der Waals surface area contributed by atoms with Crippen LogP contribution < -0.4 is 31.9 Å². The molecule has 0 saturated carbocycles. The van der Waals surface area contributed by atoms with Crippen LogP contribution in [0, 0.1) is 17.1 Å². The van der Waals surface area contributed by atoms with Crippen molar-refractivity contribution in [3.05, 3.63) is 29.7 Å². The zero-order valence-electron chi connectivity index (χ0n) is 15.5.